The van der Waals surface area contributed by atoms with E-state index >= 15 is 0 Å². The number of nitrogens with one attached hydrogen (secondary N) is 1. The van der Waals surface area contributed by atoms with Crippen LogP contribution in [0.25, 0.3) is 6.08 Å². The molecule has 11 heteroatoms. The standard InChI is InChI=1S/C25H15Br2ClN2O6/c26-18-8-14(9-19(27)22(18)34-11-13-1-3-15(28)4-2-13)7-17-23(31)29-25(33)30(24(17)32)16-5-6-20-21(10-16)36-12-35-20/h1-10H,11-12H2,(H,29,31,33)/b17-7+. The van der Waals surface area contributed by atoms with E-state index in [9.17, 15) is 14.4 Å². The lowest BCUT2D eigenvalue weighted by atomic mass is 10.1. The summed E-state index contributed by atoms with van der Waals surface area (Å²) in [5.41, 5.74) is 1.50. The number of benzene rings is 3. The highest BCUT2D eigenvalue weighted by Crippen LogP contribution is 2.38. The van der Waals surface area contributed by atoms with Gasteiger partial charge in [0.1, 0.15) is 17.9 Å². The van der Waals surface area contributed by atoms with Gasteiger partial charge < -0.3 is 14.2 Å². The fraction of sp³-hybridized carbons (Fsp3) is 0.0800. The molecule has 0 aromatic heterocycles. The van der Waals surface area contributed by atoms with Crippen LogP contribution in [0.1, 0.15) is 11.1 Å². The summed E-state index contributed by atoms with van der Waals surface area (Å²) in [7, 11) is 0. The fourth-order valence-electron chi connectivity index (χ4n) is 3.62. The molecule has 0 atom stereocenters. The van der Waals surface area contributed by atoms with Crippen LogP contribution in [0, 0.1) is 0 Å². The maximum atomic E-state index is 13.2. The van der Waals surface area contributed by atoms with Gasteiger partial charge in [0.2, 0.25) is 6.79 Å². The number of urea groups is 1. The van der Waals surface area contributed by atoms with Gasteiger partial charge >= 0.3 is 6.03 Å². The highest BCUT2D eigenvalue weighted by Gasteiger charge is 2.37. The molecule has 4 amide bonds. The van der Waals surface area contributed by atoms with E-state index in [0.29, 0.717) is 43.4 Å². The molecule has 8 nitrogen and oxygen atoms in total. The van der Waals surface area contributed by atoms with Gasteiger partial charge in [-0.2, -0.15) is 0 Å². The second-order valence-electron chi connectivity index (χ2n) is 7.72. The lowest BCUT2D eigenvalue weighted by Gasteiger charge is -2.26. The fourth-order valence-corrected chi connectivity index (χ4v) is 5.20. The van der Waals surface area contributed by atoms with E-state index < -0.39 is 17.8 Å². The number of hydrogen-bond acceptors (Lipinski definition) is 6. The summed E-state index contributed by atoms with van der Waals surface area (Å²) in [4.78, 5) is 39.2. The third-order valence-corrected chi connectivity index (χ3v) is 6.77. The lowest BCUT2D eigenvalue weighted by Crippen LogP contribution is -2.54. The number of carbonyl (C=O) groups is 3. The number of fused-ring (bicyclic) bond motifs is 1. The number of imide groups is 2. The van der Waals surface area contributed by atoms with Gasteiger partial charge in [-0.15, -0.1) is 0 Å². The summed E-state index contributed by atoms with van der Waals surface area (Å²) in [6.45, 7) is 0.355. The first-order chi connectivity index (χ1) is 17.3. The van der Waals surface area contributed by atoms with E-state index in [1.54, 1.807) is 36.4 Å². The number of nitrogens with zero attached hydrogens (tertiary/aromatic N) is 1. The molecule has 3 aromatic rings. The molecular weight excluding hydrogens is 620 g/mol. The van der Waals surface area contributed by atoms with E-state index in [2.05, 4.69) is 37.2 Å². The van der Waals surface area contributed by atoms with Crippen LogP contribution in [-0.2, 0) is 16.2 Å². The van der Waals surface area contributed by atoms with Gasteiger partial charge in [0, 0.05) is 11.1 Å². The Morgan fingerprint density at radius 3 is 2.39 bits per heavy atom. The zero-order valence-electron chi connectivity index (χ0n) is 18.2. The molecule has 0 spiro atoms. The third-order valence-electron chi connectivity index (χ3n) is 5.34. The highest BCUT2D eigenvalue weighted by atomic mass is 79.9. The number of rotatable bonds is 5. The molecule has 0 radical (unpaired) electrons. The molecule has 5 rings (SSSR count). The number of barbiturate groups is 1. The predicted octanol–water partition coefficient (Wildman–Crippen LogP) is 5.84. The van der Waals surface area contributed by atoms with Gasteiger partial charge in [0.15, 0.2) is 11.5 Å². The minimum Gasteiger partial charge on any atom is -0.487 e. The van der Waals surface area contributed by atoms with Crippen molar-refractivity contribution in [3.63, 3.8) is 0 Å². The van der Waals surface area contributed by atoms with Crippen LogP contribution in [-0.4, -0.2) is 24.6 Å². The molecule has 1 saturated heterocycles. The van der Waals surface area contributed by atoms with Gasteiger partial charge in [0.25, 0.3) is 11.8 Å². The first kappa shape index (κ1) is 24.4. The Hall–Kier alpha value is -3.34. The SMILES string of the molecule is O=C1NC(=O)N(c2ccc3c(c2)OCO3)C(=O)/C1=C/c1cc(Br)c(OCc2ccc(Cl)cc2)c(Br)c1. The molecule has 182 valence electrons. The van der Waals surface area contributed by atoms with Crippen LogP contribution < -0.4 is 24.4 Å². The van der Waals surface area contributed by atoms with Crippen LogP contribution in [0.4, 0.5) is 10.5 Å². The van der Waals surface area contributed by atoms with Crippen LogP contribution in [0.2, 0.25) is 5.02 Å². The number of carbonyl (C=O) groups excluding carboxylic acids is 3. The van der Waals surface area contributed by atoms with E-state index in [-0.39, 0.29) is 18.1 Å². The number of amides is 4. The topological polar surface area (TPSA) is 94.2 Å². The molecule has 2 aliphatic heterocycles. The molecule has 2 heterocycles. The predicted molar refractivity (Wildman–Crippen MR) is 139 cm³/mol. The Morgan fingerprint density at radius 1 is 0.972 bits per heavy atom. The molecule has 0 saturated carbocycles. The normalized spacial score (nSPS) is 15.9. The largest absolute Gasteiger partial charge is 0.487 e. The average molecular weight is 635 g/mol. The van der Waals surface area contributed by atoms with E-state index in [4.69, 9.17) is 25.8 Å². The van der Waals surface area contributed by atoms with Crippen molar-refractivity contribution in [3.05, 3.63) is 85.3 Å². The Bertz CT molecular complexity index is 1420. The smallest absolute Gasteiger partial charge is 0.335 e. The monoisotopic (exact) mass is 632 g/mol. The molecule has 3 aromatic carbocycles. The van der Waals surface area contributed by atoms with E-state index in [1.165, 1.54) is 12.1 Å². The maximum absolute atomic E-state index is 13.2. The number of anilines is 1. The third kappa shape index (κ3) is 4.84. The summed E-state index contributed by atoms with van der Waals surface area (Å²) in [6.07, 6.45) is 1.41. The molecular formula is C25H15Br2ClN2O6. The Morgan fingerprint density at radius 2 is 1.67 bits per heavy atom. The number of halogens is 3. The zero-order valence-corrected chi connectivity index (χ0v) is 22.1. The summed E-state index contributed by atoms with van der Waals surface area (Å²) in [5.74, 6) is -0.111. The van der Waals surface area contributed by atoms with Crippen molar-refractivity contribution in [3.8, 4) is 17.2 Å². The zero-order chi connectivity index (χ0) is 25.4. The van der Waals surface area contributed by atoms with Gasteiger partial charge in [-0.05, 0) is 85.5 Å². The molecule has 0 unspecified atom stereocenters. The molecule has 1 N–H and O–H groups in total. The number of hydrogen-bond donors (Lipinski definition) is 1. The van der Waals surface area contributed by atoms with Crippen LogP contribution >= 0.6 is 43.5 Å². The van der Waals surface area contributed by atoms with Crippen LogP contribution in [0.15, 0.2) is 69.1 Å². The van der Waals surface area contributed by atoms with Crippen molar-refractivity contribution < 1.29 is 28.6 Å². The minimum atomic E-state index is -0.852. The second-order valence-corrected chi connectivity index (χ2v) is 9.87. The van der Waals surface area contributed by atoms with Crippen molar-refractivity contribution in [1.29, 1.82) is 0 Å². The van der Waals surface area contributed by atoms with E-state index in [1.807, 2.05) is 12.1 Å². The minimum absolute atomic E-state index is 0.0474. The summed E-state index contributed by atoms with van der Waals surface area (Å²) in [5, 5.41) is 2.85. The van der Waals surface area contributed by atoms with Gasteiger partial charge in [0.05, 0.1) is 14.6 Å². The summed E-state index contributed by atoms with van der Waals surface area (Å²) >= 11 is 12.9. The van der Waals surface area contributed by atoms with Crippen LogP contribution in [0.5, 0.6) is 17.2 Å². The van der Waals surface area contributed by atoms with Crippen molar-refractivity contribution in [2.75, 3.05) is 11.7 Å². The van der Waals surface area contributed by atoms with Gasteiger partial charge in [-0.25, -0.2) is 9.69 Å². The van der Waals surface area contributed by atoms with E-state index in [0.717, 1.165) is 10.5 Å². The average Bonchev–Trinajstić information content (AvgIpc) is 3.30. The maximum Gasteiger partial charge on any atom is 0.335 e. The Kier molecular flexibility index (Phi) is 6.74. The van der Waals surface area contributed by atoms with Crippen molar-refractivity contribution >= 4 is 73.1 Å². The summed E-state index contributed by atoms with van der Waals surface area (Å²) in [6, 6.07) is 14.5. The summed E-state index contributed by atoms with van der Waals surface area (Å²) < 4.78 is 17.7. The molecule has 1 fully saturated rings. The molecule has 36 heavy (non-hydrogen) atoms. The van der Waals surface area contributed by atoms with Gasteiger partial charge in [-0.1, -0.05) is 23.7 Å². The first-order valence-electron chi connectivity index (χ1n) is 10.5. The second kappa shape index (κ2) is 9.96. The van der Waals surface area contributed by atoms with Gasteiger partial charge in [-0.3, -0.25) is 14.9 Å². The lowest BCUT2D eigenvalue weighted by molar-refractivity contribution is -0.122. The molecule has 2 aliphatic rings. The number of ether oxygens (including phenoxy) is 3. The highest BCUT2D eigenvalue weighted by molar-refractivity contribution is 9.11. The Labute approximate surface area is 227 Å². The first-order valence-corrected chi connectivity index (χ1v) is 12.4. The molecule has 0 bridgehead atoms. The Balaban J connectivity index is 1.40. The van der Waals surface area contributed by atoms with Crippen molar-refractivity contribution in [1.82, 2.24) is 5.32 Å². The van der Waals surface area contributed by atoms with Crippen molar-refractivity contribution in [2.24, 2.45) is 0 Å². The van der Waals surface area contributed by atoms with Crippen molar-refractivity contribution in [2.45, 2.75) is 6.61 Å². The quantitative estimate of drug-likeness (QED) is 0.280. The van der Waals surface area contributed by atoms with Crippen LogP contribution in [0.3, 0.4) is 0 Å². The molecule has 0 aliphatic carbocycles.